The van der Waals surface area contributed by atoms with Crippen molar-refractivity contribution in [3.05, 3.63) is 36.4 Å². The van der Waals surface area contributed by atoms with E-state index in [1.807, 2.05) is 37.3 Å². The van der Waals surface area contributed by atoms with Crippen LogP contribution in [0, 0.1) is 0 Å². The molecule has 0 aliphatic carbocycles. The average Bonchev–Trinajstić information content (AvgIpc) is 2.42. The number of rotatable bonds is 5. The number of carbonyl (C=O) groups excluding carboxylic acids is 1. The summed E-state index contributed by atoms with van der Waals surface area (Å²) in [6, 6.07) is 11.4. The highest BCUT2D eigenvalue weighted by atomic mass is 32.2. The minimum atomic E-state index is 0.0816. The number of thioether (sulfide) groups is 1. The third-order valence-corrected chi connectivity index (χ3v) is 3.90. The van der Waals surface area contributed by atoms with Crippen LogP contribution in [-0.4, -0.2) is 23.3 Å². The molecular weight excluding hydrogens is 258 g/mol. The van der Waals surface area contributed by atoms with Crippen molar-refractivity contribution in [3.63, 3.8) is 0 Å². The van der Waals surface area contributed by atoms with Crippen molar-refractivity contribution in [2.24, 2.45) is 0 Å². The Morgan fingerprint density at radius 2 is 1.95 bits per heavy atom. The van der Waals surface area contributed by atoms with E-state index in [-0.39, 0.29) is 5.91 Å². The van der Waals surface area contributed by atoms with Gasteiger partial charge in [0.1, 0.15) is 5.75 Å². The van der Waals surface area contributed by atoms with Crippen LogP contribution in [0.15, 0.2) is 41.3 Å². The van der Waals surface area contributed by atoms with Gasteiger partial charge in [-0.1, -0.05) is 24.3 Å². The molecule has 2 aromatic rings. The van der Waals surface area contributed by atoms with Gasteiger partial charge in [0.2, 0.25) is 5.91 Å². The first kappa shape index (κ1) is 13.7. The molecule has 0 bridgehead atoms. The fourth-order valence-corrected chi connectivity index (χ4v) is 2.93. The monoisotopic (exact) mass is 275 g/mol. The van der Waals surface area contributed by atoms with Crippen LogP contribution in [0.1, 0.15) is 13.3 Å². The SMILES string of the molecule is CCNC(=O)CCSc1ccc(O)c2ccccc12. The van der Waals surface area contributed by atoms with Gasteiger partial charge in [-0.2, -0.15) is 0 Å². The quantitative estimate of drug-likeness (QED) is 0.824. The van der Waals surface area contributed by atoms with Gasteiger partial charge in [-0.25, -0.2) is 0 Å². The summed E-state index contributed by atoms with van der Waals surface area (Å²) < 4.78 is 0. The van der Waals surface area contributed by atoms with Gasteiger partial charge in [0, 0.05) is 29.0 Å². The van der Waals surface area contributed by atoms with E-state index in [9.17, 15) is 9.90 Å². The maximum atomic E-state index is 11.4. The number of hydrogen-bond acceptors (Lipinski definition) is 3. The van der Waals surface area contributed by atoms with E-state index in [0.717, 1.165) is 21.4 Å². The zero-order valence-corrected chi connectivity index (χ0v) is 11.7. The van der Waals surface area contributed by atoms with Gasteiger partial charge in [-0.05, 0) is 24.4 Å². The van der Waals surface area contributed by atoms with Crippen molar-refractivity contribution < 1.29 is 9.90 Å². The first-order valence-electron chi connectivity index (χ1n) is 6.32. The molecule has 0 saturated carbocycles. The molecule has 4 heteroatoms. The Hall–Kier alpha value is -1.68. The Kier molecular flexibility index (Phi) is 4.68. The minimum absolute atomic E-state index is 0.0816. The first-order valence-corrected chi connectivity index (χ1v) is 7.31. The second kappa shape index (κ2) is 6.48. The molecule has 0 aliphatic heterocycles. The summed E-state index contributed by atoms with van der Waals surface area (Å²) in [5.41, 5.74) is 0. The maximum Gasteiger partial charge on any atom is 0.220 e. The van der Waals surface area contributed by atoms with Gasteiger partial charge < -0.3 is 10.4 Å². The molecule has 0 saturated heterocycles. The summed E-state index contributed by atoms with van der Waals surface area (Å²) in [5, 5.41) is 14.5. The van der Waals surface area contributed by atoms with Crippen LogP contribution in [0.4, 0.5) is 0 Å². The molecular formula is C15H17NO2S. The topological polar surface area (TPSA) is 49.3 Å². The number of hydrogen-bond donors (Lipinski definition) is 2. The van der Waals surface area contributed by atoms with Crippen LogP contribution >= 0.6 is 11.8 Å². The van der Waals surface area contributed by atoms with Crippen LogP contribution in [0.2, 0.25) is 0 Å². The van der Waals surface area contributed by atoms with Crippen molar-refractivity contribution in [3.8, 4) is 5.75 Å². The van der Waals surface area contributed by atoms with Gasteiger partial charge in [0.05, 0.1) is 0 Å². The van der Waals surface area contributed by atoms with Crippen molar-refractivity contribution >= 4 is 28.4 Å². The summed E-state index contributed by atoms with van der Waals surface area (Å²) >= 11 is 1.64. The van der Waals surface area contributed by atoms with Crippen molar-refractivity contribution in [1.29, 1.82) is 0 Å². The second-order valence-corrected chi connectivity index (χ2v) is 5.32. The summed E-state index contributed by atoms with van der Waals surface area (Å²) in [6.45, 7) is 2.59. The Labute approximate surface area is 117 Å². The molecule has 0 unspecified atom stereocenters. The second-order valence-electron chi connectivity index (χ2n) is 4.18. The molecule has 2 rings (SSSR count). The van der Waals surface area contributed by atoms with Crippen molar-refractivity contribution in [1.82, 2.24) is 5.32 Å². The van der Waals surface area contributed by atoms with Gasteiger partial charge >= 0.3 is 0 Å². The lowest BCUT2D eigenvalue weighted by molar-refractivity contribution is -0.120. The molecule has 0 spiro atoms. The highest BCUT2D eigenvalue weighted by molar-refractivity contribution is 7.99. The lowest BCUT2D eigenvalue weighted by atomic mass is 10.1. The molecule has 3 nitrogen and oxygen atoms in total. The number of aromatic hydroxyl groups is 1. The lowest BCUT2D eigenvalue weighted by Crippen LogP contribution is -2.22. The zero-order valence-electron chi connectivity index (χ0n) is 10.8. The van der Waals surface area contributed by atoms with E-state index >= 15 is 0 Å². The molecule has 2 aromatic carbocycles. The van der Waals surface area contributed by atoms with E-state index in [1.165, 1.54) is 0 Å². The van der Waals surface area contributed by atoms with Crippen LogP contribution in [0.5, 0.6) is 5.75 Å². The van der Waals surface area contributed by atoms with E-state index in [0.29, 0.717) is 18.7 Å². The number of phenolic OH excluding ortho intramolecular Hbond substituents is 1. The highest BCUT2D eigenvalue weighted by Crippen LogP contribution is 2.33. The standard InChI is InChI=1S/C15H17NO2S/c1-2-16-15(18)9-10-19-14-8-7-13(17)11-5-3-4-6-12(11)14/h3-8,17H,2,9-10H2,1H3,(H,16,18). The summed E-state index contributed by atoms with van der Waals surface area (Å²) in [5.74, 6) is 1.11. The number of fused-ring (bicyclic) bond motifs is 1. The summed E-state index contributed by atoms with van der Waals surface area (Å²) in [7, 11) is 0. The third-order valence-electron chi connectivity index (χ3n) is 2.82. The number of benzene rings is 2. The van der Waals surface area contributed by atoms with Crippen LogP contribution in [0.25, 0.3) is 10.8 Å². The predicted octanol–water partition coefficient (Wildman–Crippen LogP) is 3.16. The lowest BCUT2D eigenvalue weighted by Gasteiger charge is -2.07. The van der Waals surface area contributed by atoms with Gasteiger partial charge in [-0.15, -0.1) is 11.8 Å². The molecule has 0 heterocycles. The number of phenols is 1. The summed E-state index contributed by atoms with van der Waals surface area (Å²) in [6.07, 6.45) is 0.508. The Morgan fingerprint density at radius 1 is 1.21 bits per heavy atom. The molecule has 1 amide bonds. The van der Waals surface area contributed by atoms with Crippen molar-refractivity contribution in [2.45, 2.75) is 18.2 Å². The number of nitrogens with one attached hydrogen (secondary N) is 1. The Morgan fingerprint density at radius 3 is 2.68 bits per heavy atom. The molecule has 0 radical (unpaired) electrons. The predicted molar refractivity (Wildman–Crippen MR) is 79.6 cm³/mol. The number of carbonyl (C=O) groups is 1. The molecule has 19 heavy (non-hydrogen) atoms. The fourth-order valence-electron chi connectivity index (χ4n) is 1.92. The molecule has 0 aliphatic rings. The maximum absolute atomic E-state index is 11.4. The molecule has 100 valence electrons. The first-order chi connectivity index (χ1) is 9.22. The number of amides is 1. The highest BCUT2D eigenvalue weighted by Gasteiger charge is 2.06. The fraction of sp³-hybridized carbons (Fsp3) is 0.267. The smallest absolute Gasteiger partial charge is 0.220 e. The Balaban J connectivity index is 2.09. The largest absolute Gasteiger partial charge is 0.507 e. The van der Waals surface area contributed by atoms with Gasteiger partial charge in [-0.3, -0.25) is 4.79 Å². The van der Waals surface area contributed by atoms with E-state index in [1.54, 1.807) is 17.8 Å². The van der Waals surface area contributed by atoms with Crippen molar-refractivity contribution in [2.75, 3.05) is 12.3 Å². The van der Waals surface area contributed by atoms with Gasteiger partial charge in [0.25, 0.3) is 0 Å². The zero-order chi connectivity index (χ0) is 13.7. The molecule has 2 N–H and O–H groups in total. The molecule has 0 atom stereocenters. The van der Waals surface area contributed by atoms with Crippen LogP contribution in [0.3, 0.4) is 0 Å². The normalized spacial score (nSPS) is 10.6. The molecule has 0 aromatic heterocycles. The van der Waals surface area contributed by atoms with E-state index in [2.05, 4.69) is 5.32 Å². The van der Waals surface area contributed by atoms with E-state index in [4.69, 9.17) is 0 Å². The van der Waals surface area contributed by atoms with Crippen LogP contribution < -0.4 is 5.32 Å². The molecule has 0 fully saturated rings. The third kappa shape index (κ3) is 3.41. The van der Waals surface area contributed by atoms with Crippen LogP contribution in [-0.2, 0) is 4.79 Å². The van der Waals surface area contributed by atoms with Gasteiger partial charge in [0.15, 0.2) is 0 Å². The van der Waals surface area contributed by atoms with E-state index < -0.39 is 0 Å². The summed E-state index contributed by atoms with van der Waals surface area (Å²) in [4.78, 5) is 12.5. The minimum Gasteiger partial charge on any atom is -0.507 e. The Bertz CT molecular complexity index is 583. The average molecular weight is 275 g/mol.